The number of rotatable bonds is 7. The first kappa shape index (κ1) is 20.4. The normalized spacial score (nSPS) is 18.5. The number of aryl methyl sites for hydroxylation is 1. The van der Waals surface area contributed by atoms with Gasteiger partial charge in [-0.25, -0.2) is 14.7 Å². The molecule has 0 amide bonds. The lowest BCUT2D eigenvalue weighted by atomic mass is 10.1. The van der Waals surface area contributed by atoms with Crippen molar-refractivity contribution in [3.8, 4) is 0 Å². The minimum Gasteiger partial charge on any atom is -0.377 e. The fourth-order valence-corrected chi connectivity index (χ4v) is 3.85. The molecule has 1 unspecified atom stereocenters. The number of nitrogens with zero attached hydrogens (tertiary/aromatic N) is 5. The first-order chi connectivity index (χ1) is 14.7. The number of methoxy groups -OCH3 is 1. The summed E-state index contributed by atoms with van der Waals surface area (Å²) >= 11 is 0. The molecule has 30 heavy (non-hydrogen) atoms. The Morgan fingerprint density at radius 1 is 1.23 bits per heavy atom. The van der Waals surface area contributed by atoms with Crippen LogP contribution >= 0.6 is 0 Å². The summed E-state index contributed by atoms with van der Waals surface area (Å²) in [4.78, 5) is 11.7. The number of hydrogen-bond donors (Lipinski definition) is 2. The molecule has 2 aromatic rings. The molecule has 8 nitrogen and oxygen atoms in total. The van der Waals surface area contributed by atoms with E-state index in [1.807, 2.05) is 4.68 Å². The number of fused-ring (bicyclic) bond motifs is 1. The van der Waals surface area contributed by atoms with Crippen LogP contribution in [0.1, 0.15) is 30.6 Å². The molecule has 0 aliphatic carbocycles. The lowest BCUT2D eigenvalue weighted by Crippen LogP contribution is -2.47. The summed E-state index contributed by atoms with van der Waals surface area (Å²) in [5.41, 5.74) is 2.46. The van der Waals surface area contributed by atoms with Gasteiger partial charge in [-0.3, -0.25) is 0 Å². The summed E-state index contributed by atoms with van der Waals surface area (Å²) in [5, 5.41) is 11.5. The molecule has 1 aromatic heterocycles. The molecule has 4 rings (SSSR count). The predicted octanol–water partition coefficient (Wildman–Crippen LogP) is 1.87. The van der Waals surface area contributed by atoms with Crippen LogP contribution in [0.2, 0.25) is 0 Å². The van der Waals surface area contributed by atoms with Crippen molar-refractivity contribution in [2.45, 2.75) is 45.5 Å². The summed E-state index contributed by atoms with van der Waals surface area (Å²) in [7, 11) is 1.67. The van der Waals surface area contributed by atoms with Crippen LogP contribution in [-0.2, 0) is 30.9 Å². The highest BCUT2D eigenvalue weighted by Gasteiger charge is 2.22. The standard InChI is InChI=1S/C22H31N7O/c1-3-23-22(24-14-17-6-9-19(10-7-17)28-12-4-5-13-28)25-18-8-11-21-26-20(16-30-2)27-29(21)15-18/h4-7,9-10,18H,3,8,11-16H2,1-2H3,(H2,23,24,25). The molecule has 1 atom stereocenters. The third-order valence-corrected chi connectivity index (χ3v) is 5.40. The molecule has 2 N–H and O–H groups in total. The molecule has 8 heteroatoms. The van der Waals surface area contributed by atoms with Gasteiger partial charge >= 0.3 is 0 Å². The lowest BCUT2D eigenvalue weighted by Gasteiger charge is -2.25. The number of guanidine groups is 1. The Labute approximate surface area is 178 Å². The van der Waals surface area contributed by atoms with Gasteiger partial charge in [0.1, 0.15) is 12.4 Å². The number of aliphatic imine (C=N–C) groups is 1. The van der Waals surface area contributed by atoms with Crippen molar-refractivity contribution in [3.05, 3.63) is 53.6 Å². The Hall–Kier alpha value is -2.87. The van der Waals surface area contributed by atoms with Gasteiger partial charge in [0.2, 0.25) is 0 Å². The minimum atomic E-state index is 0.275. The summed E-state index contributed by atoms with van der Waals surface area (Å²) in [6, 6.07) is 8.98. The summed E-state index contributed by atoms with van der Waals surface area (Å²) in [6.45, 7) is 6.79. The highest BCUT2D eigenvalue weighted by atomic mass is 16.5. The molecule has 0 spiro atoms. The second kappa shape index (κ2) is 9.75. The average molecular weight is 410 g/mol. The Morgan fingerprint density at radius 3 is 2.77 bits per heavy atom. The smallest absolute Gasteiger partial charge is 0.191 e. The van der Waals surface area contributed by atoms with Gasteiger partial charge in [-0.2, -0.15) is 5.10 Å². The number of nitrogens with one attached hydrogen (secondary N) is 2. The van der Waals surface area contributed by atoms with Crippen LogP contribution in [0.25, 0.3) is 0 Å². The average Bonchev–Trinajstić information content (AvgIpc) is 3.42. The first-order valence-corrected chi connectivity index (χ1v) is 10.7. The second-order valence-corrected chi connectivity index (χ2v) is 7.68. The maximum atomic E-state index is 5.15. The largest absolute Gasteiger partial charge is 0.377 e. The third-order valence-electron chi connectivity index (χ3n) is 5.40. The molecule has 0 bridgehead atoms. The van der Waals surface area contributed by atoms with Crippen molar-refractivity contribution >= 4 is 11.6 Å². The van der Waals surface area contributed by atoms with E-state index in [1.165, 1.54) is 11.3 Å². The molecule has 3 heterocycles. The zero-order valence-corrected chi connectivity index (χ0v) is 17.8. The lowest BCUT2D eigenvalue weighted by molar-refractivity contribution is 0.177. The monoisotopic (exact) mass is 409 g/mol. The van der Waals surface area contributed by atoms with E-state index < -0.39 is 0 Å². The van der Waals surface area contributed by atoms with Crippen LogP contribution in [0, 0.1) is 0 Å². The van der Waals surface area contributed by atoms with E-state index in [0.717, 1.165) is 56.6 Å². The van der Waals surface area contributed by atoms with Gasteiger partial charge in [-0.1, -0.05) is 24.3 Å². The van der Waals surface area contributed by atoms with Gasteiger partial charge < -0.3 is 20.3 Å². The molecule has 0 saturated heterocycles. The van der Waals surface area contributed by atoms with Gasteiger partial charge in [-0.15, -0.1) is 0 Å². The quantitative estimate of drug-likeness (QED) is 0.413. The molecule has 0 radical (unpaired) electrons. The number of anilines is 1. The van der Waals surface area contributed by atoms with Crippen molar-refractivity contribution in [2.24, 2.45) is 4.99 Å². The van der Waals surface area contributed by atoms with Crippen LogP contribution in [0.5, 0.6) is 0 Å². The molecular formula is C22H31N7O. The minimum absolute atomic E-state index is 0.275. The highest BCUT2D eigenvalue weighted by molar-refractivity contribution is 5.80. The summed E-state index contributed by atoms with van der Waals surface area (Å²) < 4.78 is 7.14. The van der Waals surface area contributed by atoms with Gasteiger partial charge in [0.15, 0.2) is 11.8 Å². The maximum Gasteiger partial charge on any atom is 0.191 e. The van der Waals surface area contributed by atoms with E-state index in [1.54, 1.807) is 7.11 Å². The third kappa shape index (κ3) is 4.99. The zero-order chi connectivity index (χ0) is 20.8. The van der Waals surface area contributed by atoms with E-state index in [9.17, 15) is 0 Å². The molecule has 2 aliphatic rings. The second-order valence-electron chi connectivity index (χ2n) is 7.68. The van der Waals surface area contributed by atoms with E-state index in [-0.39, 0.29) is 6.04 Å². The van der Waals surface area contributed by atoms with Crippen molar-refractivity contribution < 1.29 is 4.74 Å². The summed E-state index contributed by atoms with van der Waals surface area (Å²) in [6.07, 6.45) is 6.33. The Balaban J connectivity index is 1.35. The molecular weight excluding hydrogens is 378 g/mol. The maximum absolute atomic E-state index is 5.15. The fourth-order valence-electron chi connectivity index (χ4n) is 3.85. The van der Waals surface area contributed by atoms with Crippen LogP contribution in [-0.4, -0.2) is 53.5 Å². The summed E-state index contributed by atoms with van der Waals surface area (Å²) in [5.74, 6) is 2.63. The van der Waals surface area contributed by atoms with Gasteiger partial charge in [0.25, 0.3) is 0 Å². The Bertz CT molecular complexity index is 879. The van der Waals surface area contributed by atoms with E-state index in [2.05, 4.69) is 69.0 Å². The van der Waals surface area contributed by atoms with Crippen LogP contribution in [0.3, 0.4) is 0 Å². The number of aromatic nitrogens is 3. The Kier molecular flexibility index (Phi) is 6.63. The first-order valence-electron chi connectivity index (χ1n) is 10.7. The SMILES string of the molecule is CCNC(=NCc1ccc(N2CC=CC2)cc1)NC1CCc2nc(COC)nn2C1. The fraction of sp³-hybridized carbons (Fsp3) is 0.500. The van der Waals surface area contributed by atoms with Crippen molar-refractivity contribution in [1.29, 1.82) is 0 Å². The molecule has 0 saturated carbocycles. The van der Waals surface area contributed by atoms with Gasteiger partial charge in [0, 0.05) is 44.9 Å². The number of hydrogen-bond acceptors (Lipinski definition) is 5. The van der Waals surface area contributed by atoms with E-state index in [0.29, 0.717) is 13.2 Å². The molecule has 0 fully saturated rings. The molecule has 1 aromatic carbocycles. The highest BCUT2D eigenvalue weighted by Crippen LogP contribution is 2.18. The van der Waals surface area contributed by atoms with E-state index >= 15 is 0 Å². The molecule has 160 valence electrons. The van der Waals surface area contributed by atoms with Crippen LogP contribution in [0.15, 0.2) is 41.4 Å². The van der Waals surface area contributed by atoms with E-state index in [4.69, 9.17) is 9.73 Å². The van der Waals surface area contributed by atoms with Crippen molar-refractivity contribution in [3.63, 3.8) is 0 Å². The number of benzene rings is 1. The zero-order valence-electron chi connectivity index (χ0n) is 17.8. The van der Waals surface area contributed by atoms with Gasteiger partial charge in [-0.05, 0) is 31.0 Å². The predicted molar refractivity (Wildman–Crippen MR) is 119 cm³/mol. The van der Waals surface area contributed by atoms with Crippen LogP contribution < -0.4 is 15.5 Å². The molecule has 2 aliphatic heterocycles. The van der Waals surface area contributed by atoms with Crippen LogP contribution in [0.4, 0.5) is 5.69 Å². The number of ether oxygens (including phenoxy) is 1. The Morgan fingerprint density at radius 2 is 2.03 bits per heavy atom. The van der Waals surface area contributed by atoms with Crippen molar-refractivity contribution in [1.82, 2.24) is 25.4 Å². The van der Waals surface area contributed by atoms with Gasteiger partial charge in [0.05, 0.1) is 13.1 Å². The van der Waals surface area contributed by atoms with Crippen molar-refractivity contribution in [2.75, 3.05) is 31.6 Å². The topological polar surface area (TPSA) is 79.6 Å².